The summed E-state index contributed by atoms with van der Waals surface area (Å²) in [5.74, 6) is -1.20. The quantitative estimate of drug-likeness (QED) is 0.0585. The molecule has 0 radical (unpaired) electrons. The number of benzene rings is 1. The third kappa shape index (κ3) is 6.91. The summed E-state index contributed by atoms with van der Waals surface area (Å²) in [6.45, 7) is 3.19. The van der Waals surface area contributed by atoms with Gasteiger partial charge in [0.1, 0.15) is 29.9 Å². The fourth-order valence-corrected chi connectivity index (χ4v) is 4.18. The lowest BCUT2D eigenvalue weighted by Gasteiger charge is -2.50. The summed E-state index contributed by atoms with van der Waals surface area (Å²) in [4.78, 5) is 34.5. The van der Waals surface area contributed by atoms with Gasteiger partial charge in [-0.2, -0.15) is 13.5 Å². The second kappa shape index (κ2) is 11.1. The van der Waals surface area contributed by atoms with E-state index in [1.165, 1.54) is 19.2 Å². The summed E-state index contributed by atoms with van der Waals surface area (Å²) >= 11 is 1.06. The number of aromatic nitrogens is 1. The van der Waals surface area contributed by atoms with Crippen molar-refractivity contribution < 1.29 is 36.4 Å². The topological polar surface area (TPSA) is 233 Å². The Balaban J connectivity index is 1.59. The Labute approximate surface area is 215 Å². The van der Waals surface area contributed by atoms with E-state index in [1.54, 1.807) is 24.3 Å². The molecule has 0 aliphatic carbocycles. The number of anilines is 1. The molecule has 1 aliphatic heterocycles. The van der Waals surface area contributed by atoms with Gasteiger partial charge in [0, 0.05) is 17.4 Å². The van der Waals surface area contributed by atoms with Gasteiger partial charge in [-0.25, -0.2) is 4.98 Å². The van der Waals surface area contributed by atoms with Crippen LogP contribution < -0.4 is 21.5 Å². The van der Waals surface area contributed by atoms with Crippen molar-refractivity contribution in [3.05, 3.63) is 40.9 Å². The van der Waals surface area contributed by atoms with Crippen molar-refractivity contribution in [2.75, 3.05) is 18.9 Å². The molecular formula is C20H25N7O8S2. The molecule has 2 amide bonds. The summed E-state index contributed by atoms with van der Waals surface area (Å²) in [6, 6.07) is 5.48. The Morgan fingerprint density at radius 3 is 2.54 bits per heavy atom. The first-order valence-electron chi connectivity index (χ1n) is 10.6. The van der Waals surface area contributed by atoms with Gasteiger partial charge in [-0.1, -0.05) is 5.16 Å². The van der Waals surface area contributed by atoms with Gasteiger partial charge in [0.05, 0.1) is 12.1 Å². The normalized spacial score (nSPS) is 17.2. The molecule has 1 saturated heterocycles. The van der Waals surface area contributed by atoms with Gasteiger partial charge in [0.25, 0.3) is 11.8 Å². The van der Waals surface area contributed by atoms with E-state index in [2.05, 4.69) is 19.7 Å². The minimum atomic E-state index is -4.94. The standard InChI is InChI=1S/C20H25N7O8S2/c1-20(2)15(18(29)27(20)35-37(30,31)32)25-17(28)14(13-10-36-19(23)24-13)26-34-9-3-8-33-12-6-4-11(5-7-12)16(21)22/h4-7,10,15H,3,8-9H2,1-2H3,(H3,21,22)(H2,23,24)(H,25,28)(H,30,31,32). The highest BCUT2D eigenvalue weighted by molar-refractivity contribution is 7.80. The number of nitrogens with two attached hydrogens (primary N) is 2. The molecule has 1 aliphatic rings. The van der Waals surface area contributed by atoms with Crippen LogP contribution in [-0.4, -0.2) is 71.2 Å². The summed E-state index contributed by atoms with van der Waals surface area (Å²) in [5, 5.41) is 15.8. The number of oxime groups is 1. The maximum Gasteiger partial charge on any atom is 0.418 e. The van der Waals surface area contributed by atoms with Crippen molar-refractivity contribution in [1.29, 1.82) is 5.41 Å². The van der Waals surface area contributed by atoms with Crippen molar-refractivity contribution in [3.8, 4) is 5.75 Å². The number of amidine groups is 1. The Morgan fingerprint density at radius 1 is 1.32 bits per heavy atom. The zero-order valence-electron chi connectivity index (χ0n) is 19.7. The molecule has 0 bridgehead atoms. The summed E-state index contributed by atoms with van der Waals surface area (Å²) in [7, 11) is -4.94. The first-order valence-corrected chi connectivity index (χ1v) is 12.8. The molecule has 1 aromatic heterocycles. The highest BCUT2D eigenvalue weighted by Gasteiger charge is 2.58. The lowest BCUT2D eigenvalue weighted by Crippen LogP contribution is -2.76. The molecule has 3 rings (SSSR count). The lowest BCUT2D eigenvalue weighted by molar-refractivity contribution is -0.218. The minimum Gasteiger partial charge on any atom is -0.493 e. The molecular weight excluding hydrogens is 530 g/mol. The largest absolute Gasteiger partial charge is 0.493 e. The average Bonchev–Trinajstić information content (AvgIpc) is 3.25. The molecule has 37 heavy (non-hydrogen) atoms. The van der Waals surface area contributed by atoms with Gasteiger partial charge in [0.15, 0.2) is 10.8 Å². The maximum atomic E-state index is 12.9. The number of amides is 2. The van der Waals surface area contributed by atoms with Crippen LogP contribution in [0.1, 0.15) is 31.5 Å². The molecule has 200 valence electrons. The highest BCUT2D eigenvalue weighted by atomic mass is 32.3. The molecule has 1 unspecified atom stereocenters. The highest BCUT2D eigenvalue weighted by Crippen LogP contribution is 2.32. The number of nitrogens with zero attached hydrogens (tertiary/aromatic N) is 3. The molecule has 1 aromatic carbocycles. The zero-order chi connectivity index (χ0) is 27.4. The van der Waals surface area contributed by atoms with E-state index >= 15 is 0 Å². The van der Waals surface area contributed by atoms with Gasteiger partial charge < -0.3 is 26.4 Å². The van der Waals surface area contributed by atoms with Crippen LogP contribution in [0.3, 0.4) is 0 Å². The SMILES string of the molecule is CC1(C)C(NC(=O)C(=NOCCCOc2ccc(C(=N)N)cc2)c2csc(N)n2)C(=O)N1OS(=O)(=O)O. The Kier molecular flexibility index (Phi) is 8.32. The van der Waals surface area contributed by atoms with Gasteiger partial charge >= 0.3 is 10.4 Å². The fraction of sp³-hybridized carbons (Fsp3) is 0.350. The van der Waals surface area contributed by atoms with Crippen LogP contribution in [-0.2, 0) is 29.1 Å². The predicted octanol–water partition coefficient (Wildman–Crippen LogP) is 0.0392. The van der Waals surface area contributed by atoms with E-state index in [9.17, 15) is 18.0 Å². The molecule has 2 heterocycles. The summed E-state index contributed by atoms with van der Waals surface area (Å²) in [6.07, 6.45) is 0.405. The van der Waals surface area contributed by atoms with E-state index in [-0.39, 0.29) is 35.6 Å². The number of hydrogen-bond acceptors (Lipinski definition) is 12. The number of nitrogens with one attached hydrogen (secondary N) is 2. The molecule has 17 heteroatoms. The molecule has 15 nitrogen and oxygen atoms in total. The predicted molar refractivity (Wildman–Crippen MR) is 132 cm³/mol. The van der Waals surface area contributed by atoms with Crippen LogP contribution in [0.5, 0.6) is 5.75 Å². The Hall–Kier alpha value is -3.80. The monoisotopic (exact) mass is 555 g/mol. The summed E-state index contributed by atoms with van der Waals surface area (Å²) in [5.41, 5.74) is 10.2. The molecule has 1 atom stereocenters. The Morgan fingerprint density at radius 2 is 2.00 bits per heavy atom. The molecule has 0 saturated carbocycles. The van der Waals surface area contributed by atoms with Crippen molar-refractivity contribution in [3.63, 3.8) is 0 Å². The second-order valence-electron chi connectivity index (χ2n) is 8.18. The van der Waals surface area contributed by atoms with E-state index in [0.717, 1.165) is 11.3 Å². The van der Waals surface area contributed by atoms with E-state index in [0.29, 0.717) is 22.8 Å². The van der Waals surface area contributed by atoms with Crippen molar-refractivity contribution >= 4 is 50.2 Å². The number of ether oxygens (including phenoxy) is 1. The first-order chi connectivity index (χ1) is 17.3. The number of carbonyl (C=O) groups excluding carboxylic acids is 2. The first kappa shape index (κ1) is 27.8. The van der Waals surface area contributed by atoms with Gasteiger partial charge in [-0.05, 0) is 38.1 Å². The van der Waals surface area contributed by atoms with Crippen molar-refractivity contribution in [2.45, 2.75) is 31.8 Å². The fourth-order valence-electron chi connectivity index (χ4n) is 3.17. The number of thiazole rings is 1. The minimum absolute atomic E-state index is 0.0477. The average molecular weight is 556 g/mol. The number of hydrogen-bond donors (Lipinski definition) is 5. The summed E-state index contributed by atoms with van der Waals surface area (Å²) < 4.78 is 40.7. The number of rotatable bonds is 12. The van der Waals surface area contributed by atoms with Crippen LogP contribution in [0.15, 0.2) is 34.8 Å². The number of hydroxylamine groups is 2. The van der Waals surface area contributed by atoms with Crippen LogP contribution >= 0.6 is 11.3 Å². The molecule has 1 fully saturated rings. The van der Waals surface area contributed by atoms with Gasteiger partial charge in [0.2, 0.25) is 0 Å². The van der Waals surface area contributed by atoms with Crippen LogP contribution in [0, 0.1) is 5.41 Å². The number of β-lactam (4-membered cyclic amide) rings is 1. The van der Waals surface area contributed by atoms with Crippen molar-refractivity contribution in [2.24, 2.45) is 10.9 Å². The maximum absolute atomic E-state index is 12.9. The molecule has 2 aromatic rings. The number of nitrogen functional groups attached to an aromatic ring is 2. The van der Waals surface area contributed by atoms with Crippen molar-refractivity contribution in [1.82, 2.24) is 15.4 Å². The van der Waals surface area contributed by atoms with E-state index in [1.807, 2.05) is 0 Å². The Bertz CT molecular complexity index is 1310. The number of carbonyl (C=O) groups is 2. The lowest BCUT2D eigenvalue weighted by atomic mass is 9.84. The van der Waals surface area contributed by atoms with Crippen LogP contribution in [0.25, 0.3) is 0 Å². The third-order valence-corrected chi connectivity index (χ3v) is 6.08. The van der Waals surface area contributed by atoms with Gasteiger partial charge in [-0.15, -0.1) is 15.6 Å². The zero-order valence-corrected chi connectivity index (χ0v) is 21.3. The van der Waals surface area contributed by atoms with Gasteiger partial charge in [-0.3, -0.25) is 19.6 Å². The smallest absolute Gasteiger partial charge is 0.418 e. The molecule has 7 N–H and O–H groups in total. The second-order valence-corrected chi connectivity index (χ2v) is 10.1. The van der Waals surface area contributed by atoms with Crippen LogP contribution in [0.2, 0.25) is 0 Å². The molecule has 0 spiro atoms. The van der Waals surface area contributed by atoms with Crippen LogP contribution in [0.4, 0.5) is 5.13 Å². The van der Waals surface area contributed by atoms with E-state index < -0.39 is 33.8 Å². The third-order valence-electron chi connectivity index (χ3n) is 5.07. The van der Waals surface area contributed by atoms with E-state index in [4.69, 9.17) is 31.0 Å².